The third kappa shape index (κ3) is 3.15. The fourth-order valence-electron chi connectivity index (χ4n) is 2.40. The van der Waals surface area contributed by atoms with Crippen LogP contribution in [0.5, 0.6) is 0 Å². The average Bonchev–Trinajstić information content (AvgIpc) is 2.67. The maximum absolute atomic E-state index is 5.80. The van der Waals surface area contributed by atoms with Crippen LogP contribution in [0, 0.1) is 0 Å². The first-order valence-electron chi connectivity index (χ1n) is 6.01. The topological polar surface area (TPSA) is 29.0 Å². The maximum Gasteiger partial charge on any atom is 0.207 e. The van der Waals surface area contributed by atoms with Crippen molar-refractivity contribution in [2.45, 2.75) is 51.6 Å². The van der Waals surface area contributed by atoms with Crippen LogP contribution >= 0.6 is 22.9 Å². The van der Waals surface area contributed by atoms with Crippen molar-refractivity contribution in [3.63, 3.8) is 0 Å². The zero-order valence-electron chi connectivity index (χ0n) is 9.65. The van der Waals surface area contributed by atoms with Crippen LogP contribution in [-0.4, -0.2) is 27.7 Å². The highest BCUT2D eigenvalue weighted by atomic mass is 35.5. The third-order valence-electron chi connectivity index (χ3n) is 3.15. The van der Waals surface area contributed by atoms with Gasteiger partial charge in [-0.1, -0.05) is 31.1 Å². The Balaban J connectivity index is 1.95. The Hall–Kier alpha value is -0.190. The molecule has 3 nitrogen and oxygen atoms in total. The molecule has 0 amide bonds. The summed E-state index contributed by atoms with van der Waals surface area (Å²) in [6, 6.07) is 0.737. The van der Waals surface area contributed by atoms with Crippen molar-refractivity contribution in [3.05, 3.63) is 9.47 Å². The second-order valence-corrected chi connectivity index (χ2v) is 6.00. The first kappa shape index (κ1) is 12.3. The lowest BCUT2D eigenvalue weighted by Crippen LogP contribution is -2.38. The summed E-state index contributed by atoms with van der Waals surface area (Å²) in [5.41, 5.74) is 0. The predicted octanol–water partition coefficient (Wildman–Crippen LogP) is 3.35. The molecular weight excluding hydrogens is 242 g/mol. The minimum absolute atomic E-state index is 0.555. The van der Waals surface area contributed by atoms with E-state index in [4.69, 9.17) is 11.6 Å². The molecule has 0 radical (unpaired) electrons. The maximum atomic E-state index is 5.80. The first-order chi connectivity index (χ1) is 7.79. The van der Waals surface area contributed by atoms with E-state index in [2.05, 4.69) is 22.0 Å². The van der Waals surface area contributed by atoms with E-state index in [1.54, 1.807) is 0 Å². The van der Waals surface area contributed by atoms with Gasteiger partial charge in [0, 0.05) is 6.04 Å². The van der Waals surface area contributed by atoms with Gasteiger partial charge in [-0.2, -0.15) is 0 Å². The number of piperidine rings is 1. The number of rotatable bonds is 4. The molecule has 1 aliphatic rings. The Kier molecular flexibility index (Phi) is 4.55. The molecule has 2 heterocycles. The lowest BCUT2D eigenvalue weighted by atomic mass is 9.98. The summed E-state index contributed by atoms with van der Waals surface area (Å²) in [6.45, 7) is 4.38. The van der Waals surface area contributed by atoms with Crippen LogP contribution < -0.4 is 0 Å². The monoisotopic (exact) mass is 259 g/mol. The van der Waals surface area contributed by atoms with Crippen molar-refractivity contribution in [2.75, 3.05) is 6.54 Å². The normalized spacial score (nSPS) is 22.5. The largest absolute Gasteiger partial charge is 0.294 e. The highest BCUT2D eigenvalue weighted by Gasteiger charge is 2.22. The van der Waals surface area contributed by atoms with Gasteiger partial charge in [0.15, 0.2) is 0 Å². The highest BCUT2D eigenvalue weighted by Crippen LogP contribution is 2.24. The van der Waals surface area contributed by atoms with Gasteiger partial charge in [0.05, 0.1) is 6.54 Å². The molecule has 0 aromatic carbocycles. The van der Waals surface area contributed by atoms with Gasteiger partial charge in [-0.05, 0) is 37.4 Å². The molecular formula is C11H18ClN3S. The molecule has 2 rings (SSSR count). The fraction of sp³-hybridized carbons (Fsp3) is 0.818. The molecule has 1 saturated heterocycles. The molecule has 1 aromatic heterocycles. The molecule has 1 unspecified atom stereocenters. The van der Waals surface area contributed by atoms with E-state index in [0.717, 1.165) is 17.6 Å². The van der Waals surface area contributed by atoms with E-state index in [-0.39, 0.29) is 0 Å². The Morgan fingerprint density at radius 3 is 3.00 bits per heavy atom. The van der Waals surface area contributed by atoms with Crippen molar-refractivity contribution < 1.29 is 0 Å². The van der Waals surface area contributed by atoms with Crippen LogP contribution in [0.4, 0.5) is 0 Å². The van der Waals surface area contributed by atoms with Crippen LogP contribution in [0.1, 0.15) is 44.0 Å². The van der Waals surface area contributed by atoms with Gasteiger partial charge < -0.3 is 0 Å². The summed E-state index contributed by atoms with van der Waals surface area (Å²) >= 11 is 7.31. The molecule has 90 valence electrons. The van der Waals surface area contributed by atoms with E-state index in [1.165, 1.54) is 50.0 Å². The molecule has 0 saturated carbocycles. The number of nitrogens with zero attached hydrogens (tertiary/aromatic N) is 3. The molecule has 0 aliphatic carbocycles. The summed E-state index contributed by atoms with van der Waals surface area (Å²) in [6.07, 6.45) is 6.58. The van der Waals surface area contributed by atoms with Gasteiger partial charge in [0.1, 0.15) is 5.01 Å². The number of hydrogen-bond donors (Lipinski definition) is 0. The molecule has 16 heavy (non-hydrogen) atoms. The second-order valence-electron chi connectivity index (χ2n) is 4.36. The molecule has 0 bridgehead atoms. The molecule has 1 aliphatic heterocycles. The van der Waals surface area contributed by atoms with Crippen molar-refractivity contribution >= 4 is 22.9 Å². The van der Waals surface area contributed by atoms with Crippen LogP contribution in [0.3, 0.4) is 0 Å². The summed E-state index contributed by atoms with van der Waals surface area (Å²) in [4.78, 5) is 2.55. The quantitative estimate of drug-likeness (QED) is 0.830. The Morgan fingerprint density at radius 1 is 1.44 bits per heavy atom. The average molecular weight is 260 g/mol. The minimum Gasteiger partial charge on any atom is -0.294 e. The zero-order chi connectivity index (χ0) is 11.4. The van der Waals surface area contributed by atoms with Gasteiger partial charge in [-0.25, -0.2) is 0 Å². The van der Waals surface area contributed by atoms with E-state index >= 15 is 0 Å². The van der Waals surface area contributed by atoms with Gasteiger partial charge in [0.2, 0.25) is 4.47 Å². The molecule has 1 fully saturated rings. The number of likely N-dealkylation sites (tertiary alicyclic amines) is 1. The molecule has 0 N–H and O–H groups in total. The third-order valence-corrected chi connectivity index (χ3v) is 4.16. The summed E-state index contributed by atoms with van der Waals surface area (Å²) in [5.74, 6) is 0. The van der Waals surface area contributed by atoms with Crippen LogP contribution in [0.2, 0.25) is 4.47 Å². The standard InChI is InChI=1S/C11H18ClN3S/c1-2-5-9-6-3-4-7-15(9)8-10-13-14-11(12)16-10/h9H,2-8H2,1H3. The highest BCUT2D eigenvalue weighted by molar-refractivity contribution is 7.15. The van der Waals surface area contributed by atoms with Crippen molar-refractivity contribution in [2.24, 2.45) is 0 Å². The number of halogens is 1. The van der Waals surface area contributed by atoms with E-state index in [9.17, 15) is 0 Å². The minimum atomic E-state index is 0.555. The molecule has 1 aromatic rings. The Morgan fingerprint density at radius 2 is 2.31 bits per heavy atom. The van der Waals surface area contributed by atoms with E-state index in [1.807, 2.05) is 0 Å². The van der Waals surface area contributed by atoms with Crippen molar-refractivity contribution in [1.82, 2.24) is 15.1 Å². The van der Waals surface area contributed by atoms with Gasteiger partial charge in [0.25, 0.3) is 0 Å². The molecule has 5 heteroatoms. The fourth-order valence-corrected chi connectivity index (χ4v) is 3.29. The Bertz CT molecular complexity index is 327. The first-order valence-corrected chi connectivity index (χ1v) is 7.21. The van der Waals surface area contributed by atoms with Crippen molar-refractivity contribution in [1.29, 1.82) is 0 Å². The SMILES string of the molecule is CCCC1CCCCN1Cc1nnc(Cl)s1. The van der Waals surface area contributed by atoms with Gasteiger partial charge in [-0.3, -0.25) is 4.90 Å². The molecule has 1 atom stereocenters. The van der Waals surface area contributed by atoms with Gasteiger partial charge >= 0.3 is 0 Å². The summed E-state index contributed by atoms with van der Waals surface area (Å²) in [5, 5.41) is 9.01. The van der Waals surface area contributed by atoms with Crippen molar-refractivity contribution in [3.8, 4) is 0 Å². The van der Waals surface area contributed by atoms with E-state index in [0.29, 0.717) is 4.47 Å². The van der Waals surface area contributed by atoms with E-state index < -0.39 is 0 Å². The van der Waals surface area contributed by atoms with Crippen LogP contribution in [0.25, 0.3) is 0 Å². The number of aromatic nitrogens is 2. The summed E-state index contributed by atoms with van der Waals surface area (Å²) in [7, 11) is 0. The smallest absolute Gasteiger partial charge is 0.207 e. The second kappa shape index (κ2) is 5.94. The van der Waals surface area contributed by atoms with Crippen LogP contribution in [-0.2, 0) is 6.54 Å². The molecule has 0 spiro atoms. The zero-order valence-corrected chi connectivity index (χ0v) is 11.2. The predicted molar refractivity (Wildman–Crippen MR) is 67.9 cm³/mol. The van der Waals surface area contributed by atoms with Gasteiger partial charge in [-0.15, -0.1) is 10.2 Å². The number of hydrogen-bond acceptors (Lipinski definition) is 4. The lowest BCUT2D eigenvalue weighted by Gasteiger charge is -2.34. The lowest BCUT2D eigenvalue weighted by molar-refractivity contribution is 0.131. The van der Waals surface area contributed by atoms with Crippen LogP contribution in [0.15, 0.2) is 0 Å². The Labute approximate surface area is 106 Å². The summed E-state index contributed by atoms with van der Waals surface area (Å²) < 4.78 is 0.555.